The fraction of sp³-hybridized carbons (Fsp3) is 0.500. The summed E-state index contributed by atoms with van der Waals surface area (Å²) in [5, 5.41) is 3.32. The number of likely N-dealkylation sites (N-methyl/N-ethyl adjacent to an activating group) is 1. The molecule has 1 aliphatic rings. The Kier molecular flexibility index (Phi) is 2.44. The number of fused-ring (bicyclic) bond motifs is 1. The standard InChI is InChI=1S/C14H18N2O/c1-10-16-12-8-11(4-5-13(12)17-10)14(9-15-2)6-3-7-14/h4-5,8,15H,3,6-7,9H2,1-2H3. The maximum atomic E-state index is 5.52. The summed E-state index contributed by atoms with van der Waals surface area (Å²) in [7, 11) is 2.03. The third-order valence-corrected chi connectivity index (χ3v) is 3.93. The van der Waals surface area contributed by atoms with Crippen molar-refractivity contribution in [3.8, 4) is 0 Å². The van der Waals surface area contributed by atoms with Gasteiger partial charge < -0.3 is 9.73 Å². The molecule has 0 radical (unpaired) electrons. The van der Waals surface area contributed by atoms with Gasteiger partial charge in [-0.25, -0.2) is 4.98 Å². The van der Waals surface area contributed by atoms with Gasteiger partial charge in [0.15, 0.2) is 11.5 Å². The Hall–Kier alpha value is -1.35. The van der Waals surface area contributed by atoms with Crippen molar-refractivity contribution >= 4 is 11.1 Å². The molecule has 1 N–H and O–H groups in total. The van der Waals surface area contributed by atoms with E-state index in [1.54, 1.807) is 0 Å². The molecule has 0 atom stereocenters. The Morgan fingerprint density at radius 1 is 1.41 bits per heavy atom. The van der Waals surface area contributed by atoms with Crippen molar-refractivity contribution < 1.29 is 4.42 Å². The monoisotopic (exact) mass is 230 g/mol. The van der Waals surface area contributed by atoms with E-state index in [-0.39, 0.29) is 0 Å². The van der Waals surface area contributed by atoms with Crippen LogP contribution in [-0.4, -0.2) is 18.6 Å². The molecule has 0 unspecified atom stereocenters. The highest BCUT2D eigenvalue weighted by Crippen LogP contribution is 2.43. The van der Waals surface area contributed by atoms with Crippen LogP contribution in [0.2, 0.25) is 0 Å². The van der Waals surface area contributed by atoms with Crippen LogP contribution in [0.1, 0.15) is 30.7 Å². The van der Waals surface area contributed by atoms with E-state index in [0.717, 1.165) is 23.5 Å². The van der Waals surface area contributed by atoms with E-state index in [2.05, 4.69) is 28.5 Å². The van der Waals surface area contributed by atoms with Crippen LogP contribution in [0.25, 0.3) is 11.1 Å². The normalized spacial score (nSPS) is 18.2. The smallest absolute Gasteiger partial charge is 0.192 e. The minimum Gasteiger partial charge on any atom is -0.441 e. The molecule has 0 spiro atoms. The van der Waals surface area contributed by atoms with Crippen molar-refractivity contribution in [2.24, 2.45) is 0 Å². The molecule has 1 heterocycles. The lowest BCUT2D eigenvalue weighted by Crippen LogP contribution is -2.42. The fourth-order valence-corrected chi connectivity index (χ4v) is 2.88. The van der Waals surface area contributed by atoms with Crippen molar-refractivity contribution in [3.05, 3.63) is 29.7 Å². The van der Waals surface area contributed by atoms with Gasteiger partial charge >= 0.3 is 0 Å². The molecule has 0 bridgehead atoms. The second-order valence-electron chi connectivity index (χ2n) is 5.08. The highest BCUT2D eigenvalue weighted by atomic mass is 16.3. The quantitative estimate of drug-likeness (QED) is 0.881. The van der Waals surface area contributed by atoms with Gasteiger partial charge in [-0.15, -0.1) is 0 Å². The molecular formula is C14H18N2O. The molecule has 3 heteroatoms. The van der Waals surface area contributed by atoms with Gasteiger partial charge in [-0.05, 0) is 37.6 Å². The third kappa shape index (κ3) is 1.65. The lowest BCUT2D eigenvalue weighted by molar-refractivity contribution is 0.239. The molecule has 3 rings (SSSR count). The van der Waals surface area contributed by atoms with E-state index in [1.807, 2.05) is 14.0 Å². The second-order valence-corrected chi connectivity index (χ2v) is 5.08. The first-order valence-electron chi connectivity index (χ1n) is 6.26. The molecule has 2 aromatic rings. The predicted molar refractivity (Wildman–Crippen MR) is 68.2 cm³/mol. The summed E-state index contributed by atoms with van der Waals surface area (Å²) >= 11 is 0. The van der Waals surface area contributed by atoms with Crippen molar-refractivity contribution in [1.82, 2.24) is 10.3 Å². The van der Waals surface area contributed by atoms with Crippen LogP contribution in [0.4, 0.5) is 0 Å². The van der Waals surface area contributed by atoms with Crippen LogP contribution in [-0.2, 0) is 5.41 Å². The zero-order chi connectivity index (χ0) is 11.9. The van der Waals surface area contributed by atoms with Gasteiger partial charge in [0.1, 0.15) is 5.52 Å². The number of benzene rings is 1. The fourth-order valence-electron chi connectivity index (χ4n) is 2.88. The Morgan fingerprint density at radius 3 is 2.88 bits per heavy atom. The predicted octanol–water partition coefficient (Wildman–Crippen LogP) is 2.78. The van der Waals surface area contributed by atoms with Crippen molar-refractivity contribution in [2.45, 2.75) is 31.6 Å². The van der Waals surface area contributed by atoms with Gasteiger partial charge in [-0.3, -0.25) is 0 Å². The van der Waals surface area contributed by atoms with Gasteiger partial charge in [-0.2, -0.15) is 0 Å². The maximum Gasteiger partial charge on any atom is 0.192 e. The van der Waals surface area contributed by atoms with Gasteiger partial charge in [-0.1, -0.05) is 12.5 Å². The molecule has 0 aliphatic heterocycles. The van der Waals surface area contributed by atoms with Gasteiger partial charge in [0.05, 0.1) is 0 Å². The van der Waals surface area contributed by atoms with Crippen LogP contribution < -0.4 is 5.32 Å². The molecular weight excluding hydrogens is 212 g/mol. The summed E-state index contributed by atoms with van der Waals surface area (Å²) in [5.74, 6) is 0.744. The van der Waals surface area contributed by atoms with E-state index >= 15 is 0 Å². The molecule has 17 heavy (non-hydrogen) atoms. The van der Waals surface area contributed by atoms with Crippen molar-refractivity contribution in [3.63, 3.8) is 0 Å². The van der Waals surface area contributed by atoms with E-state index in [4.69, 9.17) is 4.42 Å². The van der Waals surface area contributed by atoms with Gasteiger partial charge in [0.25, 0.3) is 0 Å². The Morgan fingerprint density at radius 2 is 2.24 bits per heavy atom. The lowest BCUT2D eigenvalue weighted by atomic mass is 9.64. The van der Waals surface area contributed by atoms with Crippen LogP contribution in [0.3, 0.4) is 0 Å². The SMILES string of the molecule is CNCC1(c2ccc3oc(C)nc3c2)CCC1. The largest absolute Gasteiger partial charge is 0.441 e. The number of aryl methyl sites for hydroxylation is 1. The minimum absolute atomic E-state index is 0.329. The minimum atomic E-state index is 0.329. The number of oxazole rings is 1. The topological polar surface area (TPSA) is 38.1 Å². The number of rotatable bonds is 3. The van der Waals surface area contributed by atoms with E-state index in [0.29, 0.717) is 5.41 Å². The summed E-state index contributed by atoms with van der Waals surface area (Å²) in [6, 6.07) is 6.45. The molecule has 0 saturated heterocycles. The van der Waals surface area contributed by atoms with Crippen LogP contribution in [0.5, 0.6) is 0 Å². The molecule has 3 nitrogen and oxygen atoms in total. The number of hydrogen-bond donors (Lipinski definition) is 1. The van der Waals surface area contributed by atoms with Gasteiger partial charge in [0.2, 0.25) is 0 Å². The first-order valence-corrected chi connectivity index (χ1v) is 6.26. The summed E-state index contributed by atoms with van der Waals surface area (Å²) < 4.78 is 5.52. The summed E-state index contributed by atoms with van der Waals surface area (Å²) in [5.41, 5.74) is 3.61. The number of nitrogens with zero attached hydrogens (tertiary/aromatic N) is 1. The average molecular weight is 230 g/mol. The summed E-state index contributed by atoms with van der Waals surface area (Å²) in [6.07, 6.45) is 3.88. The summed E-state index contributed by atoms with van der Waals surface area (Å²) in [4.78, 5) is 4.42. The van der Waals surface area contributed by atoms with Crippen molar-refractivity contribution in [1.29, 1.82) is 0 Å². The highest BCUT2D eigenvalue weighted by Gasteiger charge is 2.38. The zero-order valence-electron chi connectivity index (χ0n) is 10.4. The first kappa shape index (κ1) is 10.8. The zero-order valence-corrected chi connectivity index (χ0v) is 10.4. The molecule has 1 aromatic heterocycles. The Labute approximate surface area is 101 Å². The molecule has 0 amide bonds. The number of hydrogen-bond acceptors (Lipinski definition) is 3. The Balaban J connectivity index is 2.04. The third-order valence-electron chi connectivity index (χ3n) is 3.93. The van der Waals surface area contributed by atoms with E-state index in [9.17, 15) is 0 Å². The van der Waals surface area contributed by atoms with E-state index < -0.39 is 0 Å². The Bertz CT molecular complexity index is 540. The highest BCUT2D eigenvalue weighted by molar-refractivity contribution is 5.74. The second kappa shape index (κ2) is 3.84. The number of nitrogens with one attached hydrogen (secondary N) is 1. The first-order chi connectivity index (χ1) is 8.23. The van der Waals surface area contributed by atoms with Gasteiger partial charge in [0, 0.05) is 18.9 Å². The van der Waals surface area contributed by atoms with Crippen LogP contribution in [0, 0.1) is 6.92 Å². The van der Waals surface area contributed by atoms with Crippen LogP contribution in [0.15, 0.2) is 22.6 Å². The van der Waals surface area contributed by atoms with E-state index in [1.165, 1.54) is 24.8 Å². The van der Waals surface area contributed by atoms with Crippen LogP contribution >= 0.6 is 0 Å². The maximum absolute atomic E-state index is 5.52. The lowest BCUT2D eigenvalue weighted by Gasteiger charge is -2.42. The molecule has 1 fully saturated rings. The molecule has 1 aromatic carbocycles. The summed E-state index contributed by atoms with van der Waals surface area (Å²) in [6.45, 7) is 2.95. The average Bonchev–Trinajstić information content (AvgIpc) is 2.62. The number of aromatic nitrogens is 1. The van der Waals surface area contributed by atoms with Crippen molar-refractivity contribution in [2.75, 3.05) is 13.6 Å². The molecule has 1 aliphatic carbocycles. The molecule has 90 valence electrons. The molecule has 1 saturated carbocycles.